The van der Waals surface area contributed by atoms with Crippen molar-refractivity contribution in [3.63, 3.8) is 0 Å². The van der Waals surface area contributed by atoms with Crippen molar-refractivity contribution in [1.29, 1.82) is 0 Å². The van der Waals surface area contributed by atoms with E-state index in [0.29, 0.717) is 22.9 Å². The molecule has 9 heteroatoms. The van der Waals surface area contributed by atoms with Crippen LogP contribution in [0.3, 0.4) is 0 Å². The molecule has 34 heavy (non-hydrogen) atoms. The topological polar surface area (TPSA) is 94.2 Å². The summed E-state index contributed by atoms with van der Waals surface area (Å²) >= 11 is 0. The standard InChI is InChI=1S/C25H24N2O6S/c1-16-3-7-19(8-4-16)34(29,30)27-14-24(33-22-11-17(2)5-9-20(22)27)25(28)26-13-18-6-10-21-23(12-18)32-15-31-21/h3-12,24H,13-15H2,1-2H3,(H,26,28)/t24-/m1/s1. The number of sulfonamides is 1. The Hall–Kier alpha value is -3.72. The van der Waals surface area contributed by atoms with Crippen molar-refractivity contribution in [3.8, 4) is 17.2 Å². The van der Waals surface area contributed by atoms with Crippen LogP contribution in [-0.2, 0) is 21.4 Å². The minimum absolute atomic E-state index is 0.140. The molecule has 0 fully saturated rings. The van der Waals surface area contributed by atoms with Crippen molar-refractivity contribution in [2.75, 3.05) is 17.6 Å². The van der Waals surface area contributed by atoms with Crippen LogP contribution in [0, 0.1) is 13.8 Å². The number of benzene rings is 3. The molecule has 1 amide bonds. The van der Waals surface area contributed by atoms with Crippen molar-refractivity contribution < 1.29 is 27.4 Å². The van der Waals surface area contributed by atoms with E-state index < -0.39 is 22.0 Å². The van der Waals surface area contributed by atoms with E-state index in [1.54, 1.807) is 48.5 Å². The summed E-state index contributed by atoms with van der Waals surface area (Å²) in [6.07, 6.45) is -1.01. The lowest BCUT2D eigenvalue weighted by molar-refractivity contribution is -0.127. The Labute approximate surface area is 198 Å². The van der Waals surface area contributed by atoms with Crippen LogP contribution in [0.15, 0.2) is 65.6 Å². The molecule has 0 unspecified atom stereocenters. The van der Waals surface area contributed by atoms with E-state index in [0.717, 1.165) is 16.7 Å². The molecule has 0 saturated carbocycles. The van der Waals surface area contributed by atoms with E-state index in [1.165, 1.54) is 4.31 Å². The number of carbonyl (C=O) groups excluding carboxylic acids is 1. The molecule has 1 N–H and O–H groups in total. The lowest BCUT2D eigenvalue weighted by Gasteiger charge is -2.35. The molecule has 2 heterocycles. The van der Waals surface area contributed by atoms with Crippen molar-refractivity contribution in [2.24, 2.45) is 0 Å². The largest absolute Gasteiger partial charge is 0.476 e. The quantitative estimate of drug-likeness (QED) is 0.602. The molecule has 0 aromatic heterocycles. The highest BCUT2D eigenvalue weighted by molar-refractivity contribution is 7.92. The Morgan fingerprint density at radius 2 is 1.68 bits per heavy atom. The lowest BCUT2D eigenvalue weighted by atomic mass is 10.1. The van der Waals surface area contributed by atoms with Gasteiger partial charge in [0.2, 0.25) is 6.79 Å². The second kappa shape index (κ2) is 8.57. The summed E-state index contributed by atoms with van der Waals surface area (Å²) in [5, 5.41) is 2.84. The van der Waals surface area contributed by atoms with Gasteiger partial charge in [-0.2, -0.15) is 0 Å². The van der Waals surface area contributed by atoms with Crippen molar-refractivity contribution in [1.82, 2.24) is 5.32 Å². The first-order valence-corrected chi connectivity index (χ1v) is 12.3. The number of carbonyl (C=O) groups is 1. The van der Waals surface area contributed by atoms with E-state index in [9.17, 15) is 13.2 Å². The average Bonchev–Trinajstić information content (AvgIpc) is 3.30. The zero-order chi connectivity index (χ0) is 23.9. The van der Waals surface area contributed by atoms with E-state index in [2.05, 4.69) is 5.32 Å². The zero-order valence-electron chi connectivity index (χ0n) is 18.8. The minimum atomic E-state index is -3.90. The molecule has 3 aromatic rings. The maximum absolute atomic E-state index is 13.5. The first-order chi connectivity index (χ1) is 16.3. The molecular formula is C25H24N2O6S. The van der Waals surface area contributed by atoms with Crippen molar-refractivity contribution in [2.45, 2.75) is 31.4 Å². The summed E-state index contributed by atoms with van der Waals surface area (Å²) in [7, 11) is -3.90. The van der Waals surface area contributed by atoms with Crippen LogP contribution >= 0.6 is 0 Å². The van der Waals surface area contributed by atoms with Crippen LogP contribution in [-0.4, -0.2) is 33.8 Å². The van der Waals surface area contributed by atoms with Gasteiger partial charge in [-0.1, -0.05) is 29.8 Å². The molecule has 0 aliphatic carbocycles. The SMILES string of the molecule is Cc1ccc(S(=O)(=O)N2C[C@H](C(=O)NCc3ccc4c(c3)OCO4)Oc3cc(C)ccc32)cc1. The van der Waals surface area contributed by atoms with Crippen LogP contribution in [0.2, 0.25) is 0 Å². The van der Waals surface area contributed by atoms with Gasteiger partial charge < -0.3 is 19.5 Å². The van der Waals surface area contributed by atoms with E-state index >= 15 is 0 Å². The third kappa shape index (κ3) is 4.14. The molecule has 0 saturated heterocycles. The molecule has 0 bridgehead atoms. The average molecular weight is 481 g/mol. The Bertz CT molecular complexity index is 1350. The van der Waals surface area contributed by atoms with Crippen LogP contribution in [0.25, 0.3) is 0 Å². The van der Waals surface area contributed by atoms with Gasteiger partial charge in [0, 0.05) is 6.54 Å². The van der Waals surface area contributed by atoms with Gasteiger partial charge in [0.15, 0.2) is 17.6 Å². The predicted molar refractivity (Wildman–Crippen MR) is 126 cm³/mol. The maximum Gasteiger partial charge on any atom is 0.264 e. The second-order valence-corrected chi connectivity index (χ2v) is 10.2. The zero-order valence-corrected chi connectivity index (χ0v) is 19.6. The number of fused-ring (bicyclic) bond motifs is 2. The number of amides is 1. The number of nitrogens with one attached hydrogen (secondary N) is 1. The Morgan fingerprint density at radius 3 is 2.47 bits per heavy atom. The molecule has 5 rings (SSSR count). The first-order valence-electron chi connectivity index (χ1n) is 10.8. The molecule has 3 aromatic carbocycles. The summed E-state index contributed by atoms with van der Waals surface area (Å²) < 4.78 is 44.9. The number of ether oxygens (including phenoxy) is 3. The van der Waals surface area contributed by atoms with Crippen molar-refractivity contribution in [3.05, 3.63) is 77.4 Å². The number of anilines is 1. The summed E-state index contributed by atoms with van der Waals surface area (Å²) in [6, 6.07) is 17.3. The molecular weight excluding hydrogens is 456 g/mol. The fourth-order valence-corrected chi connectivity index (χ4v) is 5.39. The third-order valence-electron chi connectivity index (χ3n) is 5.79. The van der Waals surface area contributed by atoms with Gasteiger partial charge in [-0.15, -0.1) is 0 Å². The maximum atomic E-state index is 13.5. The van der Waals surface area contributed by atoms with Crippen LogP contribution in [0.4, 0.5) is 5.69 Å². The van der Waals surface area contributed by atoms with Crippen LogP contribution in [0.1, 0.15) is 16.7 Å². The molecule has 0 radical (unpaired) electrons. The minimum Gasteiger partial charge on any atom is -0.476 e. The molecule has 2 aliphatic rings. The fraction of sp³-hybridized carbons (Fsp3) is 0.240. The fourth-order valence-electron chi connectivity index (χ4n) is 3.92. The normalized spacial score (nSPS) is 16.5. The molecule has 8 nitrogen and oxygen atoms in total. The van der Waals surface area contributed by atoms with Crippen molar-refractivity contribution >= 4 is 21.6 Å². The van der Waals surface area contributed by atoms with Gasteiger partial charge in [0.05, 0.1) is 17.1 Å². The monoisotopic (exact) mass is 480 g/mol. The highest BCUT2D eigenvalue weighted by Gasteiger charge is 2.37. The summed E-state index contributed by atoms with van der Waals surface area (Å²) in [4.78, 5) is 13.2. The molecule has 1 atom stereocenters. The van der Waals surface area contributed by atoms with Gasteiger partial charge in [-0.25, -0.2) is 8.42 Å². The van der Waals surface area contributed by atoms with Gasteiger partial charge in [0.1, 0.15) is 5.75 Å². The Balaban J connectivity index is 1.39. The van der Waals surface area contributed by atoms with E-state index in [4.69, 9.17) is 14.2 Å². The van der Waals surface area contributed by atoms with Crippen LogP contribution < -0.4 is 23.8 Å². The third-order valence-corrected chi connectivity index (χ3v) is 7.58. The summed E-state index contributed by atoms with van der Waals surface area (Å²) in [6.45, 7) is 4.04. The number of hydrogen-bond donors (Lipinski definition) is 1. The molecule has 176 valence electrons. The van der Waals surface area contributed by atoms with Crippen LogP contribution in [0.5, 0.6) is 17.2 Å². The highest BCUT2D eigenvalue weighted by Crippen LogP contribution is 2.38. The van der Waals surface area contributed by atoms with Gasteiger partial charge in [0.25, 0.3) is 15.9 Å². The van der Waals surface area contributed by atoms with Gasteiger partial charge >= 0.3 is 0 Å². The second-order valence-electron chi connectivity index (χ2n) is 8.33. The first kappa shape index (κ1) is 22.1. The lowest BCUT2D eigenvalue weighted by Crippen LogP contribution is -2.50. The summed E-state index contributed by atoms with van der Waals surface area (Å²) in [5.41, 5.74) is 3.09. The number of nitrogens with zero attached hydrogens (tertiary/aromatic N) is 1. The highest BCUT2D eigenvalue weighted by atomic mass is 32.2. The number of rotatable bonds is 5. The van der Waals surface area contributed by atoms with E-state index in [-0.39, 0.29) is 24.8 Å². The summed E-state index contributed by atoms with van der Waals surface area (Å²) in [5.74, 6) is 1.23. The Morgan fingerprint density at radius 1 is 0.941 bits per heavy atom. The number of aryl methyl sites for hydroxylation is 2. The van der Waals surface area contributed by atoms with Gasteiger partial charge in [-0.3, -0.25) is 9.10 Å². The molecule has 0 spiro atoms. The Kier molecular flexibility index (Phi) is 5.57. The smallest absolute Gasteiger partial charge is 0.264 e. The molecule has 2 aliphatic heterocycles. The predicted octanol–water partition coefficient (Wildman–Crippen LogP) is 3.30. The van der Waals surface area contributed by atoms with E-state index in [1.807, 2.05) is 26.0 Å². The van der Waals surface area contributed by atoms with Gasteiger partial charge in [-0.05, 0) is 61.4 Å². The number of hydrogen-bond acceptors (Lipinski definition) is 6.